The normalized spacial score (nSPS) is 17.7. The fourth-order valence-electron chi connectivity index (χ4n) is 2.83. The molecule has 3 N–H and O–H groups in total. The highest BCUT2D eigenvalue weighted by atomic mass is 16.2. The van der Waals surface area contributed by atoms with Crippen LogP contribution in [-0.2, 0) is 0 Å². The molecule has 1 aromatic heterocycles. The predicted octanol–water partition coefficient (Wildman–Crippen LogP) is 0.260. The molecule has 2 heterocycles. The van der Waals surface area contributed by atoms with Gasteiger partial charge < -0.3 is 15.6 Å². The maximum atomic E-state index is 12.4. The van der Waals surface area contributed by atoms with Crippen molar-refractivity contribution in [2.24, 2.45) is 5.73 Å². The first kappa shape index (κ1) is 15.7. The highest BCUT2D eigenvalue weighted by Gasteiger charge is 2.25. The van der Waals surface area contributed by atoms with E-state index in [9.17, 15) is 9.59 Å². The van der Waals surface area contributed by atoms with Crippen LogP contribution in [0.5, 0.6) is 0 Å². The number of hydrogen-bond acceptors (Lipinski definition) is 4. The minimum atomic E-state index is -0.245. The first-order valence-corrected chi connectivity index (χ1v) is 7.57. The SMILES string of the molecule is CCCC(CN)N1CCN(C(=O)c2cc[nH]c(=O)c2)CC1. The van der Waals surface area contributed by atoms with Gasteiger partial charge in [-0.25, -0.2) is 0 Å². The first-order chi connectivity index (χ1) is 10.2. The largest absolute Gasteiger partial charge is 0.336 e. The summed E-state index contributed by atoms with van der Waals surface area (Å²) >= 11 is 0. The van der Waals surface area contributed by atoms with Crippen molar-refractivity contribution in [1.29, 1.82) is 0 Å². The Hall–Kier alpha value is -1.66. The number of carbonyl (C=O) groups excluding carboxylic acids is 1. The number of pyridine rings is 1. The molecule has 1 unspecified atom stereocenters. The third kappa shape index (κ3) is 3.92. The average molecular weight is 292 g/mol. The van der Waals surface area contributed by atoms with Gasteiger partial charge in [-0.15, -0.1) is 0 Å². The van der Waals surface area contributed by atoms with Gasteiger partial charge in [0.2, 0.25) is 5.56 Å². The van der Waals surface area contributed by atoms with Crippen LogP contribution in [-0.4, -0.2) is 59.5 Å². The van der Waals surface area contributed by atoms with Crippen molar-refractivity contribution < 1.29 is 4.79 Å². The third-order valence-corrected chi connectivity index (χ3v) is 4.03. The fraction of sp³-hybridized carbons (Fsp3) is 0.600. The standard InChI is InChI=1S/C15H24N4O2/c1-2-3-13(11-16)18-6-8-19(9-7-18)15(21)12-4-5-17-14(20)10-12/h4-5,10,13H,2-3,6-9,11,16H2,1H3,(H,17,20). The van der Waals surface area contributed by atoms with Crippen molar-refractivity contribution in [2.75, 3.05) is 32.7 Å². The van der Waals surface area contributed by atoms with Gasteiger partial charge in [0.25, 0.3) is 5.91 Å². The van der Waals surface area contributed by atoms with E-state index >= 15 is 0 Å². The lowest BCUT2D eigenvalue weighted by Crippen LogP contribution is -2.53. The zero-order valence-electron chi connectivity index (χ0n) is 12.5. The van der Waals surface area contributed by atoms with Gasteiger partial charge >= 0.3 is 0 Å². The molecule has 0 radical (unpaired) electrons. The molecule has 0 saturated carbocycles. The van der Waals surface area contributed by atoms with Crippen molar-refractivity contribution in [3.63, 3.8) is 0 Å². The number of amides is 1. The summed E-state index contributed by atoms with van der Waals surface area (Å²) < 4.78 is 0. The van der Waals surface area contributed by atoms with Crippen LogP contribution in [0.2, 0.25) is 0 Å². The number of H-pyrrole nitrogens is 1. The Bertz CT molecular complexity index is 520. The Kier molecular flexibility index (Phi) is 5.52. The van der Waals surface area contributed by atoms with E-state index in [0.29, 0.717) is 31.2 Å². The molecule has 1 aromatic rings. The number of hydrogen-bond donors (Lipinski definition) is 2. The second kappa shape index (κ2) is 7.38. The number of rotatable bonds is 5. The Morgan fingerprint density at radius 1 is 1.38 bits per heavy atom. The minimum absolute atomic E-state index is 0.0689. The lowest BCUT2D eigenvalue weighted by molar-refractivity contribution is 0.0566. The van der Waals surface area contributed by atoms with Crippen molar-refractivity contribution in [3.8, 4) is 0 Å². The number of piperazine rings is 1. The summed E-state index contributed by atoms with van der Waals surface area (Å²) in [5.74, 6) is -0.0689. The van der Waals surface area contributed by atoms with E-state index in [0.717, 1.165) is 25.9 Å². The maximum absolute atomic E-state index is 12.4. The molecule has 0 bridgehead atoms. The van der Waals surface area contributed by atoms with Crippen LogP contribution >= 0.6 is 0 Å². The van der Waals surface area contributed by atoms with Gasteiger partial charge in [0, 0.05) is 56.6 Å². The van der Waals surface area contributed by atoms with Crippen LogP contribution in [0.25, 0.3) is 0 Å². The number of nitrogens with two attached hydrogens (primary N) is 1. The summed E-state index contributed by atoms with van der Waals surface area (Å²) in [6.07, 6.45) is 3.73. The molecule has 6 nitrogen and oxygen atoms in total. The van der Waals surface area contributed by atoms with Crippen molar-refractivity contribution in [2.45, 2.75) is 25.8 Å². The van der Waals surface area contributed by atoms with Crippen LogP contribution in [0.15, 0.2) is 23.1 Å². The lowest BCUT2D eigenvalue weighted by Gasteiger charge is -2.39. The number of aromatic nitrogens is 1. The molecule has 1 atom stereocenters. The van der Waals surface area contributed by atoms with Crippen LogP contribution < -0.4 is 11.3 Å². The van der Waals surface area contributed by atoms with E-state index in [1.807, 2.05) is 4.90 Å². The molecular weight excluding hydrogens is 268 g/mol. The zero-order chi connectivity index (χ0) is 15.2. The highest BCUT2D eigenvalue weighted by Crippen LogP contribution is 2.12. The summed E-state index contributed by atoms with van der Waals surface area (Å²) in [5, 5.41) is 0. The molecule has 1 fully saturated rings. The molecular formula is C15H24N4O2. The molecule has 0 spiro atoms. The molecule has 2 rings (SSSR count). The topological polar surface area (TPSA) is 82.4 Å². The Morgan fingerprint density at radius 2 is 2.10 bits per heavy atom. The van der Waals surface area contributed by atoms with Crippen LogP contribution in [0.3, 0.4) is 0 Å². The van der Waals surface area contributed by atoms with E-state index in [2.05, 4.69) is 16.8 Å². The number of aromatic amines is 1. The van der Waals surface area contributed by atoms with Gasteiger partial charge in [0.1, 0.15) is 0 Å². The third-order valence-electron chi connectivity index (χ3n) is 4.03. The predicted molar refractivity (Wildman–Crippen MR) is 82.3 cm³/mol. The van der Waals surface area contributed by atoms with Gasteiger partial charge in [0.15, 0.2) is 0 Å². The van der Waals surface area contributed by atoms with E-state index in [1.54, 1.807) is 6.07 Å². The van der Waals surface area contributed by atoms with Crippen LogP contribution in [0, 0.1) is 0 Å². The molecule has 116 valence electrons. The molecule has 1 amide bonds. The van der Waals surface area contributed by atoms with Crippen molar-refractivity contribution >= 4 is 5.91 Å². The lowest BCUT2D eigenvalue weighted by atomic mass is 10.1. The number of nitrogens with one attached hydrogen (secondary N) is 1. The summed E-state index contributed by atoms with van der Waals surface area (Å²) in [5.41, 5.74) is 6.04. The summed E-state index contributed by atoms with van der Waals surface area (Å²) in [6, 6.07) is 3.41. The van der Waals surface area contributed by atoms with Gasteiger partial charge in [-0.1, -0.05) is 13.3 Å². The average Bonchev–Trinajstić information content (AvgIpc) is 2.52. The molecule has 1 aliphatic heterocycles. The molecule has 1 saturated heterocycles. The van der Waals surface area contributed by atoms with Gasteiger partial charge in [-0.2, -0.15) is 0 Å². The molecule has 21 heavy (non-hydrogen) atoms. The fourth-order valence-corrected chi connectivity index (χ4v) is 2.83. The molecule has 0 aliphatic carbocycles. The Balaban J connectivity index is 1.94. The van der Waals surface area contributed by atoms with Crippen LogP contribution in [0.1, 0.15) is 30.1 Å². The molecule has 1 aliphatic rings. The molecule has 6 heteroatoms. The minimum Gasteiger partial charge on any atom is -0.336 e. The van der Waals surface area contributed by atoms with Gasteiger partial charge in [-0.3, -0.25) is 14.5 Å². The second-order valence-corrected chi connectivity index (χ2v) is 5.45. The van der Waals surface area contributed by atoms with E-state index in [4.69, 9.17) is 5.73 Å². The van der Waals surface area contributed by atoms with E-state index in [-0.39, 0.29) is 11.5 Å². The Morgan fingerprint density at radius 3 is 2.67 bits per heavy atom. The monoisotopic (exact) mass is 292 g/mol. The number of nitrogens with zero attached hydrogens (tertiary/aromatic N) is 2. The maximum Gasteiger partial charge on any atom is 0.254 e. The van der Waals surface area contributed by atoms with Crippen LogP contribution in [0.4, 0.5) is 0 Å². The highest BCUT2D eigenvalue weighted by molar-refractivity contribution is 5.94. The summed E-state index contributed by atoms with van der Waals surface area (Å²) in [7, 11) is 0. The summed E-state index contributed by atoms with van der Waals surface area (Å²) in [4.78, 5) is 30.3. The molecule has 0 aromatic carbocycles. The van der Waals surface area contributed by atoms with Crippen molar-refractivity contribution in [3.05, 3.63) is 34.2 Å². The van der Waals surface area contributed by atoms with Gasteiger partial charge in [0.05, 0.1) is 0 Å². The summed E-state index contributed by atoms with van der Waals surface area (Å²) in [6.45, 7) is 5.89. The van der Waals surface area contributed by atoms with E-state index < -0.39 is 0 Å². The quantitative estimate of drug-likeness (QED) is 0.815. The Labute approximate surface area is 124 Å². The first-order valence-electron chi connectivity index (χ1n) is 7.57. The van der Waals surface area contributed by atoms with E-state index in [1.165, 1.54) is 12.3 Å². The second-order valence-electron chi connectivity index (χ2n) is 5.45. The number of carbonyl (C=O) groups is 1. The van der Waals surface area contributed by atoms with Crippen molar-refractivity contribution in [1.82, 2.24) is 14.8 Å². The smallest absolute Gasteiger partial charge is 0.254 e. The van der Waals surface area contributed by atoms with Gasteiger partial charge in [-0.05, 0) is 12.5 Å². The zero-order valence-corrected chi connectivity index (χ0v) is 12.5.